The number of benzene rings is 1. The van der Waals surface area contributed by atoms with E-state index in [-0.39, 0.29) is 5.82 Å². The third-order valence-electron chi connectivity index (χ3n) is 4.51. The second kappa shape index (κ2) is 4.32. The topological polar surface area (TPSA) is 23.5 Å². The second-order valence-corrected chi connectivity index (χ2v) is 5.80. The summed E-state index contributed by atoms with van der Waals surface area (Å²) < 4.78 is 14.0. The lowest BCUT2D eigenvalue weighted by Gasteiger charge is -2.41. The minimum atomic E-state index is -0.971. The zero-order valence-electron chi connectivity index (χ0n) is 10.8. The molecule has 2 aliphatic heterocycles. The number of nitrogens with zero attached hydrogens (tertiary/aromatic N) is 1. The predicted molar refractivity (Wildman–Crippen MR) is 68.9 cm³/mol. The van der Waals surface area contributed by atoms with Gasteiger partial charge in [0.1, 0.15) is 5.82 Å². The van der Waals surface area contributed by atoms with E-state index < -0.39 is 5.60 Å². The molecule has 0 amide bonds. The summed E-state index contributed by atoms with van der Waals surface area (Å²) in [5.41, 5.74) is 0.532. The van der Waals surface area contributed by atoms with Crippen molar-refractivity contribution in [2.24, 2.45) is 0 Å². The SMILES string of the molecule is Cc1ccc(F)c(C2(O)CCN3CCCC3C2)c1. The molecule has 3 rings (SSSR count). The van der Waals surface area contributed by atoms with Crippen molar-refractivity contribution in [3.63, 3.8) is 0 Å². The van der Waals surface area contributed by atoms with Crippen LogP contribution in [-0.4, -0.2) is 29.1 Å². The van der Waals surface area contributed by atoms with Crippen molar-refractivity contribution in [1.29, 1.82) is 0 Å². The van der Waals surface area contributed by atoms with E-state index in [4.69, 9.17) is 0 Å². The first-order valence-electron chi connectivity index (χ1n) is 6.81. The first-order valence-corrected chi connectivity index (χ1v) is 6.81. The summed E-state index contributed by atoms with van der Waals surface area (Å²) in [6.45, 7) is 3.96. The molecule has 2 atom stereocenters. The number of halogens is 1. The van der Waals surface area contributed by atoms with Gasteiger partial charge in [-0.3, -0.25) is 0 Å². The fraction of sp³-hybridized carbons (Fsp3) is 0.600. The van der Waals surface area contributed by atoms with Gasteiger partial charge in [-0.05, 0) is 45.2 Å². The van der Waals surface area contributed by atoms with Gasteiger partial charge in [-0.2, -0.15) is 0 Å². The lowest BCUT2D eigenvalue weighted by atomic mass is 9.80. The largest absolute Gasteiger partial charge is 0.385 e. The van der Waals surface area contributed by atoms with E-state index >= 15 is 0 Å². The van der Waals surface area contributed by atoms with Crippen LogP contribution in [0.25, 0.3) is 0 Å². The molecule has 2 heterocycles. The first kappa shape index (κ1) is 12.1. The predicted octanol–water partition coefficient (Wildman–Crippen LogP) is 2.58. The molecule has 1 N–H and O–H groups in total. The lowest BCUT2D eigenvalue weighted by Crippen LogP contribution is -2.46. The van der Waals surface area contributed by atoms with Gasteiger partial charge >= 0.3 is 0 Å². The Hall–Kier alpha value is -0.930. The summed E-state index contributed by atoms with van der Waals surface area (Å²) in [5, 5.41) is 10.8. The number of fused-ring (bicyclic) bond motifs is 1. The van der Waals surface area contributed by atoms with Crippen LogP contribution in [0.15, 0.2) is 18.2 Å². The highest BCUT2D eigenvalue weighted by molar-refractivity contribution is 5.30. The molecular formula is C15H20FNO. The fourth-order valence-corrected chi connectivity index (χ4v) is 3.48. The van der Waals surface area contributed by atoms with Crippen molar-refractivity contribution in [1.82, 2.24) is 4.90 Å². The van der Waals surface area contributed by atoms with Crippen LogP contribution in [-0.2, 0) is 5.60 Å². The Morgan fingerprint density at radius 2 is 2.22 bits per heavy atom. The van der Waals surface area contributed by atoms with Crippen LogP contribution < -0.4 is 0 Å². The average molecular weight is 249 g/mol. The second-order valence-electron chi connectivity index (χ2n) is 5.80. The van der Waals surface area contributed by atoms with Gasteiger partial charge in [-0.25, -0.2) is 4.39 Å². The zero-order valence-corrected chi connectivity index (χ0v) is 10.8. The zero-order chi connectivity index (χ0) is 12.8. The smallest absolute Gasteiger partial charge is 0.129 e. The molecule has 18 heavy (non-hydrogen) atoms. The summed E-state index contributed by atoms with van der Waals surface area (Å²) in [4.78, 5) is 2.43. The van der Waals surface area contributed by atoms with E-state index in [9.17, 15) is 9.50 Å². The Morgan fingerprint density at radius 1 is 1.39 bits per heavy atom. The van der Waals surface area contributed by atoms with Gasteiger partial charge in [0.2, 0.25) is 0 Å². The highest BCUT2D eigenvalue weighted by atomic mass is 19.1. The van der Waals surface area contributed by atoms with Crippen LogP contribution in [0, 0.1) is 12.7 Å². The molecule has 0 radical (unpaired) electrons. The summed E-state index contributed by atoms with van der Waals surface area (Å²) in [6.07, 6.45) is 3.66. The molecule has 3 heteroatoms. The number of hydrogen-bond acceptors (Lipinski definition) is 2. The Balaban J connectivity index is 1.92. The third kappa shape index (κ3) is 1.95. The van der Waals surface area contributed by atoms with Crippen LogP contribution in [0.1, 0.15) is 36.8 Å². The van der Waals surface area contributed by atoms with Crippen molar-refractivity contribution < 1.29 is 9.50 Å². The van der Waals surface area contributed by atoms with E-state index in [1.165, 1.54) is 12.5 Å². The first-order chi connectivity index (χ1) is 8.58. The Bertz CT molecular complexity index is 462. The molecule has 0 bridgehead atoms. The molecule has 98 valence electrons. The van der Waals surface area contributed by atoms with E-state index in [0.29, 0.717) is 24.4 Å². The van der Waals surface area contributed by atoms with Crippen molar-refractivity contribution in [3.8, 4) is 0 Å². The van der Waals surface area contributed by atoms with Crippen LogP contribution in [0.2, 0.25) is 0 Å². The molecular weight excluding hydrogens is 229 g/mol. The van der Waals surface area contributed by atoms with Crippen LogP contribution in [0.5, 0.6) is 0 Å². The molecule has 2 saturated heterocycles. The average Bonchev–Trinajstić information content (AvgIpc) is 2.79. The molecule has 2 nitrogen and oxygen atoms in total. The summed E-state index contributed by atoms with van der Waals surface area (Å²) >= 11 is 0. The minimum Gasteiger partial charge on any atom is -0.385 e. The van der Waals surface area contributed by atoms with Gasteiger partial charge in [-0.1, -0.05) is 17.7 Å². The maximum absolute atomic E-state index is 14.0. The fourth-order valence-electron chi connectivity index (χ4n) is 3.48. The van der Waals surface area contributed by atoms with E-state index in [2.05, 4.69) is 4.90 Å². The van der Waals surface area contributed by atoms with Gasteiger partial charge in [0, 0.05) is 18.2 Å². The maximum atomic E-state index is 14.0. The van der Waals surface area contributed by atoms with Crippen LogP contribution in [0.4, 0.5) is 4.39 Å². The minimum absolute atomic E-state index is 0.269. The summed E-state index contributed by atoms with van der Waals surface area (Å²) in [5.74, 6) is -0.269. The van der Waals surface area contributed by atoms with E-state index in [1.807, 2.05) is 6.92 Å². The van der Waals surface area contributed by atoms with Crippen molar-refractivity contribution in [2.75, 3.05) is 13.1 Å². The monoisotopic (exact) mass is 249 g/mol. The van der Waals surface area contributed by atoms with Gasteiger partial charge in [0.05, 0.1) is 5.60 Å². The quantitative estimate of drug-likeness (QED) is 0.827. The van der Waals surface area contributed by atoms with Crippen molar-refractivity contribution >= 4 is 0 Å². The molecule has 1 aromatic carbocycles. The van der Waals surface area contributed by atoms with E-state index in [1.54, 1.807) is 12.1 Å². The van der Waals surface area contributed by atoms with Gasteiger partial charge in [-0.15, -0.1) is 0 Å². The Kier molecular flexibility index (Phi) is 2.91. The molecule has 0 saturated carbocycles. The molecule has 0 aromatic heterocycles. The van der Waals surface area contributed by atoms with Crippen LogP contribution in [0.3, 0.4) is 0 Å². The molecule has 2 unspecified atom stereocenters. The Labute approximate surface area is 107 Å². The number of rotatable bonds is 1. The van der Waals surface area contributed by atoms with Crippen molar-refractivity contribution in [3.05, 3.63) is 35.1 Å². The summed E-state index contributed by atoms with van der Waals surface area (Å²) in [7, 11) is 0. The summed E-state index contributed by atoms with van der Waals surface area (Å²) in [6, 6.07) is 5.47. The molecule has 1 aromatic rings. The number of aliphatic hydroxyl groups is 1. The van der Waals surface area contributed by atoms with E-state index in [0.717, 1.165) is 25.1 Å². The molecule has 2 fully saturated rings. The number of hydrogen-bond donors (Lipinski definition) is 1. The molecule has 0 spiro atoms. The van der Waals surface area contributed by atoms with Gasteiger partial charge in [0.25, 0.3) is 0 Å². The van der Waals surface area contributed by atoms with Crippen LogP contribution >= 0.6 is 0 Å². The van der Waals surface area contributed by atoms with Gasteiger partial charge in [0.15, 0.2) is 0 Å². The molecule has 0 aliphatic carbocycles. The normalized spacial score (nSPS) is 32.5. The third-order valence-corrected chi connectivity index (χ3v) is 4.51. The van der Waals surface area contributed by atoms with Gasteiger partial charge < -0.3 is 10.0 Å². The van der Waals surface area contributed by atoms with Crippen molar-refractivity contribution in [2.45, 2.75) is 44.2 Å². The highest BCUT2D eigenvalue weighted by Crippen LogP contribution is 2.40. The highest BCUT2D eigenvalue weighted by Gasteiger charge is 2.42. The maximum Gasteiger partial charge on any atom is 0.129 e. The lowest BCUT2D eigenvalue weighted by molar-refractivity contribution is -0.0432. The Morgan fingerprint density at radius 3 is 3.06 bits per heavy atom. The number of aryl methyl sites for hydroxylation is 1. The number of piperidine rings is 1. The standard InChI is InChI=1S/C15H20FNO/c1-11-4-5-14(16)13(9-11)15(18)6-8-17-7-2-3-12(17)10-15/h4-5,9,12,18H,2-3,6-8,10H2,1H3. The molecule has 2 aliphatic rings.